The number of imide groups is 1. The topological polar surface area (TPSA) is 66.5 Å². The lowest BCUT2D eigenvalue weighted by Gasteiger charge is -2.37. The van der Waals surface area contributed by atoms with Gasteiger partial charge in [-0.3, -0.25) is 19.3 Å². The number of allylic oxidation sites excluding steroid dienone is 2. The second kappa shape index (κ2) is 7.12. The first-order chi connectivity index (χ1) is 15.5. The van der Waals surface area contributed by atoms with Crippen molar-refractivity contribution >= 4 is 23.4 Å². The fourth-order valence-electron chi connectivity index (χ4n) is 6.18. The third kappa shape index (κ3) is 2.93. The first-order valence-electron chi connectivity index (χ1n) is 11.2. The Morgan fingerprint density at radius 1 is 0.938 bits per heavy atom. The summed E-state index contributed by atoms with van der Waals surface area (Å²) in [6.45, 7) is 0. The first kappa shape index (κ1) is 19.4. The molecule has 2 bridgehead atoms. The van der Waals surface area contributed by atoms with E-state index in [-0.39, 0.29) is 41.9 Å². The van der Waals surface area contributed by atoms with Crippen molar-refractivity contribution in [3.8, 4) is 0 Å². The lowest BCUT2D eigenvalue weighted by molar-refractivity contribution is -0.146. The van der Waals surface area contributed by atoms with Gasteiger partial charge in [0.15, 0.2) is 0 Å². The maximum atomic E-state index is 13.6. The summed E-state index contributed by atoms with van der Waals surface area (Å²) in [6, 6.07) is 13.9. The summed E-state index contributed by atoms with van der Waals surface area (Å²) in [5.74, 6) is -0.767. The molecule has 0 unspecified atom stereocenters. The van der Waals surface area contributed by atoms with Crippen LogP contribution < -0.4 is 5.32 Å². The van der Waals surface area contributed by atoms with E-state index in [4.69, 9.17) is 0 Å². The highest BCUT2D eigenvalue weighted by molar-refractivity contribution is 6.10. The molecule has 3 fully saturated rings. The molecular weight excluding hydrogens is 407 g/mol. The quantitative estimate of drug-likeness (QED) is 0.584. The van der Waals surface area contributed by atoms with Crippen molar-refractivity contribution in [1.29, 1.82) is 0 Å². The van der Waals surface area contributed by atoms with Gasteiger partial charge in [-0.2, -0.15) is 0 Å². The zero-order chi connectivity index (χ0) is 22.0. The standard InChI is InChI=1S/C26H23FN2O3/c27-15-6-8-16(9-7-15)28-24(30)21(12-14-4-2-1-3-5-14)29-25(31)22-17-10-11-18(20-13-19(17)20)23(22)26(29)32/h1-11,17-23H,12-13H2,(H,28,30)/t17-,18-,19-,20+,21-,22+,23+/m0/s1. The molecule has 0 radical (unpaired) electrons. The van der Waals surface area contributed by atoms with Crippen LogP contribution in [0.25, 0.3) is 0 Å². The normalized spacial score (nSPS) is 32.5. The van der Waals surface area contributed by atoms with E-state index in [2.05, 4.69) is 17.5 Å². The van der Waals surface area contributed by atoms with Gasteiger partial charge in [-0.15, -0.1) is 0 Å². The lowest BCUT2D eigenvalue weighted by atomic mass is 9.63. The van der Waals surface area contributed by atoms with Gasteiger partial charge in [0.2, 0.25) is 17.7 Å². The van der Waals surface area contributed by atoms with Crippen molar-refractivity contribution in [2.24, 2.45) is 35.5 Å². The number of hydrogen-bond donors (Lipinski definition) is 1. The van der Waals surface area contributed by atoms with E-state index in [9.17, 15) is 18.8 Å². The Morgan fingerprint density at radius 2 is 1.53 bits per heavy atom. The molecule has 5 aliphatic rings. The molecule has 0 aromatic heterocycles. The van der Waals surface area contributed by atoms with Crippen LogP contribution in [0.3, 0.4) is 0 Å². The van der Waals surface area contributed by atoms with Gasteiger partial charge in [0.05, 0.1) is 11.8 Å². The number of nitrogens with one attached hydrogen (secondary N) is 1. The third-order valence-electron chi connectivity index (χ3n) is 7.69. The molecule has 162 valence electrons. The molecule has 1 heterocycles. The molecule has 3 amide bonds. The van der Waals surface area contributed by atoms with Crippen molar-refractivity contribution in [3.63, 3.8) is 0 Å². The van der Waals surface area contributed by atoms with Crippen LogP contribution in [0.1, 0.15) is 12.0 Å². The maximum Gasteiger partial charge on any atom is 0.248 e. The van der Waals surface area contributed by atoms with Gasteiger partial charge in [0, 0.05) is 12.1 Å². The predicted molar refractivity (Wildman–Crippen MR) is 116 cm³/mol. The molecule has 7 rings (SSSR count). The third-order valence-corrected chi connectivity index (χ3v) is 7.69. The van der Waals surface area contributed by atoms with Gasteiger partial charge in [-0.05, 0) is 59.9 Å². The van der Waals surface area contributed by atoms with E-state index in [1.54, 1.807) is 0 Å². The Morgan fingerprint density at radius 3 is 2.12 bits per heavy atom. The number of nitrogens with zero attached hydrogens (tertiary/aromatic N) is 1. The number of amides is 3. The zero-order valence-electron chi connectivity index (χ0n) is 17.4. The highest BCUT2D eigenvalue weighted by Gasteiger charge is 2.67. The SMILES string of the molecule is O=C(Nc1ccc(F)cc1)[C@H](Cc1ccccc1)N1C(=O)[C@@H]2[C@H]3C=C[C@@H]([C@@H]4C[C@H]34)[C@H]2C1=O. The van der Waals surface area contributed by atoms with Gasteiger partial charge >= 0.3 is 0 Å². The fraction of sp³-hybridized carbons (Fsp3) is 0.346. The van der Waals surface area contributed by atoms with E-state index in [1.165, 1.54) is 29.2 Å². The van der Waals surface area contributed by atoms with Crippen LogP contribution in [0.15, 0.2) is 66.7 Å². The number of carbonyl (C=O) groups is 3. The summed E-state index contributed by atoms with van der Waals surface area (Å²) in [5.41, 5.74) is 1.29. The number of halogens is 1. The molecule has 0 spiro atoms. The summed E-state index contributed by atoms with van der Waals surface area (Å²) in [4.78, 5) is 41.8. The molecule has 7 atom stereocenters. The molecule has 1 aliphatic heterocycles. The van der Waals surface area contributed by atoms with Crippen LogP contribution in [0, 0.1) is 41.3 Å². The van der Waals surface area contributed by atoms with Crippen molar-refractivity contribution < 1.29 is 18.8 Å². The van der Waals surface area contributed by atoms with E-state index in [1.807, 2.05) is 30.3 Å². The van der Waals surface area contributed by atoms with E-state index >= 15 is 0 Å². The summed E-state index contributed by atoms with van der Waals surface area (Å²) in [7, 11) is 0. The Kier molecular flexibility index (Phi) is 4.32. The lowest BCUT2D eigenvalue weighted by Crippen LogP contribution is -2.49. The molecule has 5 nitrogen and oxygen atoms in total. The van der Waals surface area contributed by atoms with Crippen molar-refractivity contribution in [3.05, 3.63) is 78.1 Å². The maximum absolute atomic E-state index is 13.6. The minimum Gasteiger partial charge on any atom is -0.324 e. The van der Waals surface area contributed by atoms with Crippen LogP contribution in [-0.2, 0) is 20.8 Å². The van der Waals surface area contributed by atoms with Crippen molar-refractivity contribution in [2.75, 3.05) is 5.32 Å². The van der Waals surface area contributed by atoms with E-state index in [0.29, 0.717) is 17.5 Å². The largest absolute Gasteiger partial charge is 0.324 e. The van der Waals surface area contributed by atoms with Gasteiger partial charge < -0.3 is 5.32 Å². The minimum absolute atomic E-state index is 0.106. The number of rotatable bonds is 5. The molecule has 1 N–H and O–H groups in total. The van der Waals surface area contributed by atoms with Crippen LogP contribution in [0.5, 0.6) is 0 Å². The first-order valence-corrected chi connectivity index (χ1v) is 11.2. The molecule has 32 heavy (non-hydrogen) atoms. The smallest absolute Gasteiger partial charge is 0.248 e. The van der Waals surface area contributed by atoms with Crippen LogP contribution in [0.2, 0.25) is 0 Å². The Balaban J connectivity index is 1.33. The zero-order valence-corrected chi connectivity index (χ0v) is 17.4. The summed E-state index contributed by atoms with van der Waals surface area (Å²) < 4.78 is 13.3. The minimum atomic E-state index is -0.955. The van der Waals surface area contributed by atoms with Gasteiger partial charge in [-0.25, -0.2) is 4.39 Å². The number of hydrogen-bond acceptors (Lipinski definition) is 3. The number of benzene rings is 2. The monoisotopic (exact) mass is 430 g/mol. The van der Waals surface area contributed by atoms with Crippen LogP contribution >= 0.6 is 0 Å². The number of anilines is 1. The van der Waals surface area contributed by atoms with Gasteiger partial charge in [0.25, 0.3) is 0 Å². The molecule has 2 saturated carbocycles. The summed E-state index contributed by atoms with van der Waals surface area (Å²) in [5, 5.41) is 2.78. The Labute approximate surface area is 185 Å². The average Bonchev–Trinajstić information content (AvgIpc) is 3.58. The summed E-state index contributed by atoms with van der Waals surface area (Å²) >= 11 is 0. The van der Waals surface area contributed by atoms with E-state index in [0.717, 1.165) is 12.0 Å². The fourth-order valence-corrected chi connectivity index (χ4v) is 6.18. The van der Waals surface area contributed by atoms with Crippen molar-refractivity contribution in [2.45, 2.75) is 18.9 Å². The number of likely N-dealkylation sites (tertiary alicyclic amines) is 1. The predicted octanol–water partition coefficient (Wildman–Crippen LogP) is 3.43. The highest BCUT2D eigenvalue weighted by Crippen LogP contribution is 2.65. The van der Waals surface area contributed by atoms with Gasteiger partial charge in [-0.1, -0.05) is 42.5 Å². The molecule has 2 aromatic rings. The van der Waals surface area contributed by atoms with Crippen LogP contribution in [-0.4, -0.2) is 28.7 Å². The van der Waals surface area contributed by atoms with Crippen LogP contribution in [0.4, 0.5) is 10.1 Å². The number of carbonyl (C=O) groups excluding carboxylic acids is 3. The molecule has 2 aromatic carbocycles. The average molecular weight is 430 g/mol. The van der Waals surface area contributed by atoms with E-state index < -0.39 is 17.8 Å². The second-order valence-electron chi connectivity index (χ2n) is 9.40. The Hall–Kier alpha value is -3.28. The highest BCUT2D eigenvalue weighted by atomic mass is 19.1. The molecule has 6 heteroatoms. The summed E-state index contributed by atoms with van der Waals surface area (Å²) in [6.07, 6.45) is 5.58. The molecule has 4 aliphatic carbocycles. The molecular formula is C26H23FN2O3. The molecule has 1 saturated heterocycles. The Bertz CT molecular complexity index is 1090. The second-order valence-corrected chi connectivity index (χ2v) is 9.40. The van der Waals surface area contributed by atoms with Gasteiger partial charge in [0.1, 0.15) is 11.9 Å². The van der Waals surface area contributed by atoms with Crippen molar-refractivity contribution in [1.82, 2.24) is 4.90 Å².